The van der Waals surface area contributed by atoms with Crippen LogP contribution >= 0.6 is 0 Å². The molecule has 0 saturated carbocycles. The Bertz CT molecular complexity index is 366. The molecule has 5 nitrogen and oxygen atoms in total. The smallest absolute Gasteiger partial charge is 0.322 e. The van der Waals surface area contributed by atoms with Gasteiger partial charge < -0.3 is 21.3 Å². The molecular weight excluding hydrogens is 196 g/mol. The maximum atomic E-state index is 11.1. The molecule has 1 aromatic rings. The number of phenolic OH excluding ortho intramolecular Hbond substituents is 1. The molecule has 0 spiro atoms. The lowest BCUT2D eigenvalue weighted by Gasteiger charge is -2.11. The molecule has 0 aromatic heterocycles. The van der Waals surface area contributed by atoms with Crippen molar-refractivity contribution in [2.75, 3.05) is 12.8 Å². The van der Waals surface area contributed by atoms with E-state index in [9.17, 15) is 9.90 Å². The Kier molecular flexibility index (Phi) is 3.51. The summed E-state index contributed by atoms with van der Waals surface area (Å²) in [5.74, 6) is -0.548. The van der Waals surface area contributed by atoms with E-state index in [0.29, 0.717) is 5.56 Å². The molecule has 1 atom stereocenters. The van der Waals surface area contributed by atoms with Gasteiger partial charge in [0.2, 0.25) is 0 Å². The summed E-state index contributed by atoms with van der Waals surface area (Å²) in [6.07, 6.45) is 0.198. The molecule has 0 fully saturated rings. The van der Waals surface area contributed by atoms with E-state index in [1.54, 1.807) is 18.2 Å². The summed E-state index contributed by atoms with van der Waals surface area (Å²) in [4.78, 5) is 11.1. The second-order valence-corrected chi connectivity index (χ2v) is 3.19. The van der Waals surface area contributed by atoms with Crippen LogP contribution in [0.15, 0.2) is 18.2 Å². The molecule has 0 heterocycles. The van der Waals surface area contributed by atoms with Gasteiger partial charge in [0.15, 0.2) is 0 Å². The number of ether oxygens (including phenoxy) is 1. The Labute approximate surface area is 87.6 Å². The van der Waals surface area contributed by atoms with Crippen LogP contribution in [0.2, 0.25) is 0 Å². The molecule has 15 heavy (non-hydrogen) atoms. The van der Waals surface area contributed by atoms with Gasteiger partial charge in [-0.2, -0.15) is 0 Å². The molecule has 5 heteroatoms. The summed E-state index contributed by atoms with van der Waals surface area (Å²) in [7, 11) is 1.27. The van der Waals surface area contributed by atoms with Crippen LogP contribution < -0.4 is 11.5 Å². The molecule has 1 rings (SSSR count). The number of carbonyl (C=O) groups excluding carboxylic acids is 1. The number of esters is 1. The number of hydrogen-bond acceptors (Lipinski definition) is 5. The fourth-order valence-electron chi connectivity index (χ4n) is 1.25. The van der Waals surface area contributed by atoms with Crippen LogP contribution in [0.1, 0.15) is 5.56 Å². The molecule has 0 saturated heterocycles. The Hall–Kier alpha value is -1.75. The predicted octanol–water partition coefficient (Wildman–Crippen LogP) is 0.0172. The largest absolute Gasteiger partial charge is 0.506 e. The molecular formula is C10H14N2O3. The van der Waals surface area contributed by atoms with Gasteiger partial charge in [-0.05, 0) is 11.6 Å². The zero-order valence-electron chi connectivity index (χ0n) is 8.43. The molecule has 0 aliphatic carbocycles. The van der Waals surface area contributed by atoms with Crippen LogP contribution in [0.25, 0.3) is 0 Å². The molecule has 82 valence electrons. The van der Waals surface area contributed by atoms with Crippen LogP contribution in [-0.4, -0.2) is 24.2 Å². The highest BCUT2D eigenvalue weighted by Crippen LogP contribution is 2.25. The van der Waals surface area contributed by atoms with E-state index in [4.69, 9.17) is 11.5 Å². The van der Waals surface area contributed by atoms with E-state index in [1.165, 1.54) is 7.11 Å². The molecule has 0 aliphatic heterocycles. The number of nitrogens with two attached hydrogens (primary N) is 2. The van der Waals surface area contributed by atoms with Crippen molar-refractivity contribution in [3.05, 3.63) is 23.8 Å². The Morgan fingerprint density at radius 1 is 1.60 bits per heavy atom. The van der Waals surface area contributed by atoms with Crippen molar-refractivity contribution in [1.29, 1.82) is 0 Å². The summed E-state index contributed by atoms with van der Waals surface area (Å²) in [6, 6.07) is 4.13. The quantitative estimate of drug-likeness (QED) is 0.371. The van der Waals surface area contributed by atoms with Crippen LogP contribution in [0.3, 0.4) is 0 Å². The third-order valence-electron chi connectivity index (χ3n) is 2.09. The van der Waals surface area contributed by atoms with E-state index < -0.39 is 12.0 Å². The van der Waals surface area contributed by atoms with Crippen molar-refractivity contribution in [1.82, 2.24) is 0 Å². The number of anilines is 1. The SMILES string of the molecule is COC(=O)[C@@H](N)Cc1cccc(N)c1O. The fourth-order valence-corrected chi connectivity index (χ4v) is 1.25. The van der Waals surface area contributed by atoms with Crippen molar-refractivity contribution < 1.29 is 14.6 Å². The number of nitrogen functional groups attached to an aromatic ring is 1. The lowest BCUT2D eigenvalue weighted by atomic mass is 10.0. The third-order valence-corrected chi connectivity index (χ3v) is 2.09. The maximum absolute atomic E-state index is 11.1. The van der Waals surface area contributed by atoms with E-state index >= 15 is 0 Å². The monoisotopic (exact) mass is 210 g/mol. The average Bonchev–Trinajstić information content (AvgIpc) is 2.23. The first kappa shape index (κ1) is 11.3. The zero-order chi connectivity index (χ0) is 11.4. The minimum atomic E-state index is -0.789. The molecule has 0 amide bonds. The van der Waals surface area contributed by atoms with Gasteiger partial charge in [0.1, 0.15) is 11.8 Å². The number of hydrogen-bond donors (Lipinski definition) is 3. The number of methoxy groups -OCH3 is 1. The van der Waals surface area contributed by atoms with Gasteiger partial charge >= 0.3 is 5.97 Å². The van der Waals surface area contributed by atoms with Gasteiger partial charge in [0, 0.05) is 6.42 Å². The van der Waals surface area contributed by atoms with Crippen molar-refractivity contribution in [2.24, 2.45) is 5.73 Å². The van der Waals surface area contributed by atoms with Gasteiger partial charge in [-0.25, -0.2) is 0 Å². The first-order chi connectivity index (χ1) is 7.06. The molecule has 0 radical (unpaired) electrons. The van der Waals surface area contributed by atoms with Crippen LogP contribution in [-0.2, 0) is 16.0 Å². The highest BCUT2D eigenvalue weighted by molar-refractivity contribution is 5.76. The first-order valence-electron chi connectivity index (χ1n) is 4.46. The summed E-state index contributed by atoms with van der Waals surface area (Å²) in [5, 5.41) is 9.57. The Balaban J connectivity index is 2.81. The second-order valence-electron chi connectivity index (χ2n) is 3.19. The van der Waals surface area contributed by atoms with Crippen LogP contribution in [0.5, 0.6) is 5.75 Å². The molecule has 5 N–H and O–H groups in total. The number of aromatic hydroxyl groups is 1. The minimum absolute atomic E-state index is 0.0307. The van der Waals surface area contributed by atoms with Gasteiger partial charge in [-0.3, -0.25) is 4.79 Å². The van der Waals surface area contributed by atoms with Crippen molar-refractivity contribution in [2.45, 2.75) is 12.5 Å². The maximum Gasteiger partial charge on any atom is 0.322 e. The number of rotatable bonds is 3. The normalized spacial score (nSPS) is 12.1. The average molecular weight is 210 g/mol. The van der Waals surface area contributed by atoms with E-state index in [1.807, 2.05) is 0 Å². The fraction of sp³-hybridized carbons (Fsp3) is 0.300. The minimum Gasteiger partial charge on any atom is -0.506 e. The lowest BCUT2D eigenvalue weighted by molar-refractivity contribution is -0.142. The standard InChI is InChI=1S/C10H14N2O3/c1-15-10(14)8(12)5-6-3-2-4-7(11)9(6)13/h2-4,8,13H,5,11-12H2,1H3/t8-/m0/s1. The summed E-state index contributed by atoms with van der Waals surface area (Å²) < 4.78 is 4.48. The molecule has 0 unspecified atom stereocenters. The predicted molar refractivity (Wildman–Crippen MR) is 56.2 cm³/mol. The number of para-hydroxylation sites is 1. The number of phenols is 1. The van der Waals surface area contributed by atoms with Crippen molar-refractivity contribution >= 4 is 11.7 Å². The van der Waals surface area contributed by atoms with Crippen molar-refractivity contribution in [3.8, 4) is 5.75 Å². The topological polar surface area (TPSA) is 98.6 Å². The highest BCUT2D eigenvalue weighted by Gasteiger charge is 2.16. The van der Waals surface area contributed by atoms with E-state index in [-0.39, 0.29) is 17.9 Å². The van der Waals surface area contributed by atoms with E-state index in [0.717, 1.165) is 0 Å². The van der Waals surface area contributed by atoms with Gasteiger partial charge in [-0.1, -0.05) is 12.1 Å². The van der Waals surface area contributed by atoms with Crippen LogP contribution in [0, 0.1) is 0 Å². The second kappa shape index (κ2) is 4.65. The van der Waals surface area contributed by atoms with Gasteiger partial charge in [0.25, 0.3) is 0 Å². The van der Waals surface area contributed by atoms with Crippen LogP contribution in [0.4, 0.5) is 5.69 Å². The van der Waals surface area contributed by atoms with E-state index in [2.05, 4.69) is 4.74 Å². The van der Waals surface area contributed by atoms with Gasteiger partial charge in [0.05, 0.1) is 12.8 Å². The van der Waals surface area contributed by atoms with Gasteiger partial charge in [-0.15, -0.1) is 0 Å². The molecule has 0 bridgehead atoms. The highest BCUT2D eigenvalue weighted by atomic mass is 16.5. The number of carbonyl (C=O) groups is 1. The Morgan fingerprint density at radius 3 is 2.87 bits per heavy atom. The third kappa shape index (κ3) is 2.60. The lowest BCUT2D eigenvalue weighted by Crippen LogP contribution is -2.33. The number of benzene rings is 1. The first-order valence-corrected chi connectivity index (χ1v) is 4.46. The summed E-state index contributed by atoms with van der Waals surface area (Å²) in [6.45, 7) is 0. The summed E-state index contributed by atoms with van der Waals surface area (Å²) >= 11 is 0. The summed E-state index contributed by atoms with van der Waals surface area (Å²) in [5.41, 5.74) is 11.9. The molecule has 1 aromatic carbocycles. The molecule has 0 aliphatic rings. The zero-order valence-corrected chi connectivity index (χ0v) is 8.43. The Morgan fingerprint density at radius 2 is 2.27 bits per heavy atom. The van der Waals surface area contributed by atoms with Crippen molar-refractivity contribution in [3.63, 3.8) is 0 Å².